The number of halogens is 1. The zero-order chi connectivity index (χ0) is 16.4. The Bertz CT molecular complexity index is 701. The number of aryl methyl sites for hydroxylation is 1. The van der Waals surface area contributed by atoms with Crippen molar-refractivity contribution in [3.05, 3.63) is 53.9 Å². The molecule has 2 heterocycles. The fourth-order valence-electron chi connectivity index (χ4n) is 2.86. The van der Waals surface area contributed by atoms with E-state index in [2.05, 4.69) is 10.3 Å². The lowest BCUT2D eigenvalue weighted by atomic mass is 10.0. The van der Waals surface area contributed by atoms with Crippen LogP contribution in [0.4, 0.5) is 9.18 Å². The molecule has 1 aromatic heterocycles. The zero-order valence-electron chi connectivity index (χ0n) is 12.9. The van der Waals surface area contributed by atoms with Gasteiger partial charge >= 0.3 is 6.03 Å². The summed E-state index contributed by atoms with van der Waals surface area (Å²) in [5, 5.41) is 2.75. The van der Waals surface area contributed by atoms with Gasteiger partial charge in [0.1, 0.15) is 5.82 Å². The van der Waals surface area contributed by atoms with Crippen LogP contribution < -0.4 is 11.1 Å². The fourth-order valence-corrected chi connectivity index (χ4v) is 2.86. The lowest BCUT2D eigenvalue weighted by molar-refractivity contribution is 0.207. The number of carbonyl (C=O) groups is 1. The zero-order valence-corrected chi connectivity index (χ0v) is 12.9. The van der Waals surface area contributed by atoms with Gasteiger partial charge < -0.3 is 20.5 Å². The second kappa shape index (κ2) is 6.37. The minimum absolute atomic E-state index is 0.0235. The number of aromatic nitrogens is 2. The highest BCUT2D eigenvalue weighted by Gasteiger charge is 2.35. The molecule has 1 saturated heterocycles. The number of nitrogens with one attached hydrogen (secondary N) is 1. The van der Waals surface area contributed by atoms with Gasteiger partial charge in [-0.05, 0) is 6.07 Å². The molecule has 23 heavy (non-hydrogen) atoms. The van der Waals surface area contributed by atoms with E-state index in [0.29, 0.717) is 18.7 Å². The van der Waals surface area contributed by atoms with Crippen molar-refractivity contribution in [2.24, 2.45) is 12.8 Å². The minimum Gasteiger partial charge on any atom is -0.340 e. The van der Waals surface area contributed by atoms with Crippen molar-refractivity contribution >= 4 is 6.03 Å². The Morgan fingerprint density at radius 3 is 2.91 bits per heavy atom. The molecule has 0 saturated carbocycles. The summed E-state index contributed by atoms with van der Waals surface area (Å²) in [6, 6.07) is 6.02. The lowest BCUT2D eigenvalue weighted by Gasteiger charge is -2.17. The van der Waals surface area contributed by atoms with E-state index in [1.54, 1.807) is 29.4 Å². The molecule has 1 aliphatic heterocycles. The highest BCUT2D eigenvalue weighted by Crippen LogP contribution is 2.25. The Labute approximate surface area is 134 Å². The van der Waals surface area contributed by atoms with Gasteiger partial charge in [0, 0.05) is 50.4 Å². The molecule has 1 aromatic carbocycles. The maximum Gasteiger partial charge on any atom is 0.317 e. The smallest absolute Gasteiger partial charge is 0.317 e. The highest BCUT2D eigenvalue weighted by molar-refractivity contribution is 5.74. The summed E-state index contributed by atoms with van der Waals surface area (Å²) in [6.45, 7) is 1.14. The molecular formula is C16H20FN5O. The Hall–Kier alpha value is -2.41. The molecule has 2 aromatic rings. The number of benzene rings is 1. The number of likely N-dealkylation sites (tertiary alicyclic amines) is 1. The quantitative estimate of drug-likeness (QED) is 0.893. The van der Waals surface area contributed by atoms with Crippen molar-refractivity contribution < 1.29 is 9.18 Å². The molecule has 0 spiro atoms. The van der Waals surface area contributed by atoms with E-state index in [-0.39, 0.29) is 30.4 Å². The van der Waals surface area contributed by atoms with E-state index in [1.165, 1.54) is 6.07 Å². The Kier molecular flexibility index (Phi) is 4.29. The predicted octanol–water partition coefficient (Wildman–Crippen LogP) is 1.20. The molecule has 6 nitrogen and oxygen atoms in total. The molecule has 2 atom stereocenters. The van der Waals surface area contributed by atoms with E-state index in [1.807, 2.05) is 17.8 Å². The van der Waals surface area contributed by atoms with E-state index in [9.17, 15) is 9.18 Å². The van der Waals surface area contributed by atoms with Gasteiger partial charge in [-0.2, -0.15) is 0 Å². The van der Waals surface area contributed by atoms with Crippen molar-refractivity contribution in [1.82, 2.24) is 19.8 Å². The second-order valence-electron chi connectivity index (χ2n) is 5.89. The molecule has 3 rings (SSSR count). The molecular weight excluding hydrogens is 297 g/mol. The topological polar surface area (TPSA) is 76.2 Å². The summed E-state index contributed by atoms with van der Waals surface area (Å²) in [4.78, 5) is 18.2. The summed E-state index contributed by atoms with van der Waals surface area (Å²) in [5.74, 6) is -0.298. The largest absolute Gasteiger partial charge is 0.340 e. The SMILES string of the molecule is Cn1cnc([C@@H]2CN(C(=O)NCc3ccccc3F)C[C@H]2N)c1. The molecule has 0 aliphatic carbocycles. The first-order valence-corrected chi connectivity index (χ1v) is 7.54. The number of nitrogens with two attached hydrogens (primary N) is 1. The van der Waals surface area contributed by atoms with Crippen molar-refractivity contribution in [3.63, 3.8) is 0 Å². The standard InChI is InChI=1S/C16H20FN5O/c1-21-9-15(20-10-21)12-7-22(8-14(12)18)16(23)19-6-11-4-2-3-5-13(11)17/h2-5,9-10,12,14H,6-8,18H2,1H3,(H,19,23)/t12-,14-/m1/s1. The molecule has 1 fully saturated rings. The monoisotopic (exact) mass is 317 g/mol. The second-order valence-corrected chi connectivity index (χ2v) is 5.89. The maximum atomic E-state index is 13.6. The molecule has 2 amide bonds. The number of nitrogens with zero attached hydrogens (tertiary/aromatic N) is 3. The predicted molar refractivity (Wildman–Crippen MR) is 84.1 cm³/mol. The average molecular weight is 317 g/mol. The number of hydrogen-bond donors (Lipinski definition) is 2. The summed E-state index contributed by atoms with van der Waals surface area (Å²) >= 11 is 0. The van der Waals surface area contributed by atoms with Crippen LogP contribution in [0.1, 0.15) is 17.2 Å². The highest BCUT2D eigenvalue weighted by atomic mass is 19.1. The van der Waals surface area contributed by atoms with Crippen molar-refractivity contribution in [1.29, 1.82) is 0 Å². The van der Waals surface area contributed by atoms with Gasteiger partial charge in [-0.3, -0.25) is 0 Å². The summed E-state index contributed by atoms with van der Waals surface area (Å²) in [7, 11) is 1.90. The molecule has 0 radical (unpaired) electrons. The first-order valence-electron chi connectivity index (χ1n) is 7.54. The minimum atomic E-state index is -0.322. The van der Waals surface area contributed by atoms with Gasteiger partial charge in [0.2, 0.25) is 0 Å². The van der Waals surface area contributed by atoms with Gasteiger partial charge in [0.25, 0.3) is 0 Å². The van der Waals surface area contributed by atoms with Crippen LogP contribution in [0.3, 0.4) is 0 Å². The third-order valence-electron chi connectivity index (χ3n) is 4.14. The lowest BCUT2D eigenvalue weighted by Crippen LogP contribution is -2.39. The Morgan fingerprint density at radius 1 is 1.43 bits per heavy atom. The van der Waals surface area contributed by atoms with E-state index in [0.717, 1.165) is 5.69 Å². The molecule has 3 N–H and O–H groups in total. The average Bonchev–Trinajstić information content (AvgIpc) is 3.12. The summed E-state index contributed by atoms with van der Waals surface area (Å²) < 4.78 is 15.4. The number of urea groups is 1. The van der Waals surface area contributed by atoms with Gasteiger partial charge in [0.15, 0.2) is 0 Å². The molecule has 7 heteroatoms. The molecule has 0 unspecified atom stereocenters. The number of amides is 2. The number of carbonyl (C=O) groups excluding carboxylic acids is 1. The first kappa shape index (κ1) is 15.5. The summed E-state index contributed by atoms with van der Waals surface area (Å²) in [6.07, 6.45) is 3.65. The van der Waals surface area contributed by atoms with Crippen molar-refractivity contribution in [2.75, 3.05) is 13.1 Å². The van der Waals surface area contributed by atoms with Crippen LogP contribution in [0.2, 0.25) is 0 Å². The fraction of sp³-hybridized carbons (Fsp3) is 0.375. The van der Waals surface area contributed by atoms with Gasteiger partial charge in [-0.15, -0.1) is 0 Å². The number of rotatable bonds is 3. The van der Waals surface area contributed by atoms with Crippen LogP contribution in [0.5, 0.6) is 0 Å². The summed E-state index contributed by atoms with van der Waals surface area (Å²) in [5.41, 5.74) is 7.51. The third kappa shape index (κ3) is 3.34. The van der Waals surface area contributed by atoms with Gasteiger partial charge in [-0.1, -0.05) is 18.2 Å². The van der Waals surface area contributed by atoms with Crippen LogP contribution in [0, 0.1) is 5.82 Å². The van der Waals surface area contributed by atoms with Crippen LogP contribution in [-0.2, 0) is 13.6 Å². The van der Waals surface area contributed by atoms with Crippen LogP contribution in [-0.4, -0.2) is 39.6 Å². The van der Waals surface area contributed by atoms with E-state index >= 15 is 0 Å². The van der Waals surface area contributed by atoms with Crippen LogP contribution in [0.25, 0.3) is 0 Å². The first-order chi connectivity index (χ1) is 11.0. The molecule has 1 aliphatic rings. The number of imidazole rings is 1. The molecule has 0 bridgehead atoms. The van der Waals surface area contributed by atoms with Crippen LogP contribution in [0.15, 0.2) is 36.8 Å². The van der Waals surface area contributed by atoms with E-state index < -0.39 is 0 Å². The van der Waals surface area contributed by atoms with Gasteiger partial charge in [0.05, 0.1) is 12.0 Å². The Balaban J connectivity index is 1.59. The normalized spacial score (nSPS) is 20.7. The molecule has 122 valence electrons. The van der Waals surface area contributed by atoms with Gasteiger partial charge in [-0.25, -0.2) is 14.2 Å². The third-order valence-corrected chi connectivity index (χ3v) is 4.14. The van der Waals surface area contributed by atoms with Crippen LogP contribution >= 0.6 is 0 Å². The Morgan fingerprint density at radius 2 is 2.22 bits per heavy atom. The van der Waals surface area contributed by atoms with Crippen molar-refractivity contribution in [3.8, 4) is 0 Å². The maximum absolute atomic E-state index is 13.6. The number of hydrogen-bond acceptors (Lipinski definition) is 3. The van der Waals surface area contributed by atoms with E-state index in [4.69, 9.17) is 5.73 Å². The van der Waals surface area contributed by atoms with Crippen molar-refractivity contribution in [2.45, 2.75) is 18.5 Å².